The molecule has 4 nitrogen and oxygen atoms in total. The second kappa shape index (κ2) is 5.85. The number of hydrogen-bond acceptors (Lipinski definition) is 2. The third-order valence-electron chi connectivity index (χ3n) is 3.56. The van der Waals surface area contributed by atoms with Crippen molar-refractivity contribution in [3.63, 3.8) is 0 Å². The van der Waals surface area contributed by atoms with Crippen molar-refractivity contribution in [2.45, 2.75) is 13.5 Å². The summed E-state index contributed by atoms with van der Waals surface area (Å²) >= 11 is 0. The lowest BCUT2D eigenvalue weighted by Gasteiger charge is -2.05. The molecule has 3 rings (SSSR count). The minimum Gasteiger partial charge on any atom is -0.477 e. The van der Waals surface area contributed by atoms with Crippen molar-refractivity contribution in [3.8, 4) is 22.4 Å². The van der Waals surface area contributed by atoms with Gasteiger partial charge in [-0.2, -0.15) is 5.10 Å². The molecule has 2 aromatic carbocycles. The van der Waals surface area contributed by atoms with Gasteiger partial charge < -0.3 is 5.11 Å². The number of carboxylic acid groups (broad SMARTS) is 1. The molecule has 1 N–H and O–H groups in total. The number of aryl methyl sites for hydroxylation is 1. The molecular formula is C18H16N2O2. The molecule has 22 heavy (non-hydrogen) atoms. The molecule has 0 aliphatic rings. The molecule has 0 bridgehead atoms. The molecule has 1 heterocycles. The molecule has 0 aliphatic carbocycles. The van der Waals surface area contributed by atoms with Gasteiger partial charge in [0.25, 0.3) is 0 Å². The zero-order chi connectivity index (χ0) is 15.5. The maximum Gasteiger partial charge on any atom is 0.354 e. The van der Waals surface area contributed by atoms with E-state index in [1.54, 1.807) is 4.68 Å². The lowest BCUT2D eigenvalue weighted by atomic mass is 9.99. The number of carbonyl (C=O) groups is 1. The lowest BCUT2D eigenvalue weighted by Crippen LogP contribution is -2.09. The van der Waals surface area contributed by atoms with Crippen LogP contribution in [-0.2, 0) is 6.54 Å². The molecule has 3 aromatic rings. The number of nitrogens with zero attached hydrogens (tertiary/aromatic N) is 2. The largest absolute Gasteiger partial charge is 0.477 e. The monoisotopic (exact) mass is 292 g/mol. The summed E-state index contributed by atoms with van der Waals surface area (Å²) in [4.78, 5) is 11.8. The molecule has 0 atom stereocenters. The summed E-state index contributed by atoms with van der Waals surface area (Å²) in [6.45, 7) is 2.40. The van der Waals surface area contributed by atoms with E-state index < -0.39 is 5.97 Å². The Hall–Kier alpha value is -2.88. The molecule has 0 fully saturated rings. The van der Waals surface area contributed by atoms with Crippen LogP contribution in [0.3, 0.4) is 0 Å². The Kier molecular flexibility index (Phi) is 3.74. The first-order valence-electron chi connectivity index (χ1n) is 7.17. The summed E-state index contributed by atoms with van der Waals surface area (Å²) in [7, 11) is 0. The predicted octanol–water partition coefficient (Wildman–Crippen LogP) is 3.94. The predicted molar refractivity (Wildman–Crippen MR) is 85.7 cm³/mol. The number of hydrogen-bond donors (Lipinski definition) is 1. The third kappa shape index (κ3) is 2.39. The van der Waals surface area contributed by atoms with Crippen LogP contribution in [0.25, 0.3) is 22.4 Å². The normalized spacial score (nSPS) is 10.6. The average molecular weight is 292 g/mol. The van der Waals surface area contributed by atoms with Gasteiger partial charge in [0.1, 0.15) is 5.69 Å². The van der Waals surface area contributed by atoms with E-state index in [0.717, 1.165) is 11.1 Å². The summed E-state index contributed by atoms with van der Waals surface area (Å²) in [5.41, 5.74) is 3.37. The van der Waals surface area contributed by atoms with Crippen LogP contribution in [-0.4, -0.2) is 20.9 Å². The fourth-order valence-corrected chi connectivity index (χ4v) is 2.58. The van der Waals surface area contributed by atoms with Crippen LogP contribution in [0.2, 0.25) is 0 Å². The second-order valence-electron chi connectivity index (χ2n) is 4.93. The van der Waals surface area contributed by atoms with Crippen molar-refractivity contribution < 1.29 is 9.90 Å². The molecule has 0 amide bonds. The molecule has 0 unspecified atom stereocenters. The number of aromatic nitrogens is 2. The summed E-state index contributed by atoms with van der Waals surface area (Å²) < 4.78 is 1.55. The van der Waals surface area contributed by atoms with E-state index in [1.165, 1.54) is 0 Å². The van der Waals surface area contributed by atoms with Crippen LogP contribution < -0.4 is 0 Å². The van der Waals surface area contributed by atoms with Crippen molar-refractivity contribution in [1.82, 2.24) is 9.78 Å². The molecule has 110 valence electrons. The van der Waals surface area contributed by atoms with Gasteiger partial charge in [0.15, 0.2) is 5.69 Å². The van der Waals surface area contributed by atoms with E-state index in [4.69, 9.17) is 0 Å². The Morgan fingerprint density at radius 2 is 1.55 bits per heavy atom. The van der Waals surface area contributed by atoms with Crippen molar-refractivity contribution in [2.24, 2.45) is 0 Å². The Morgan fingerprint density at radius 3 is 2.05 bits per heavy atom. The first-order chi connectivity index (χ1) is 10.7. The van der Waals surface area contributed by atoms with Gasteiger partial charge in [-0.3, -0.25) is 4.68 Å². The Morgan fingerprint density at radius 1 is 1.00 bits per heavy atom. The molecule has 1 aromatic heterocycles. The van der Waals surface area contributed by atoms with E-state index >= 15 is 0 Å². The molecule has 0 radical (unpaired) electrons. The van der Waals surface area contributed by atoms with Gasteiger partial charge in [0, 0.05) is 17.7 Å². The molecule has 4 heteroatoms. The zero-order valence-corrected chi connectivity index (χ0v) is 12.2. The number of aromatic carboxylic acids is 1. The van der Waals surface area contributed by atoms with Gasteiger partial charge in [-0.15, -0.1) is 0 Å². The Labute approximate surface area is 128 Å². The fourth-order valence-electron chi connectivity index (χ4n) is 2.58. The number of benzene rings is 2. The Balaban J connectivity index is 2.33. The van der Waals surface area contributed by atoms with Crippen LogP contribution in [0.5, 0.6) is 0 Å². The zero-order valence-electron chi connectivity index (χ0n) is 12.2. The van der Waals surface area contributed by atoms with Crippen LogP contribution in [0.1, 0.15) is 17.4 Å². The second-order valence-corrected chi connectivity index (χ2v) is 4.93. The molecular weight excluding hydrogens is 276 g/mol. The van der Waals surface area contributed by atoms with Gasteiger partial charge in [0.2, 0.25) is 0 Å². The minimum absolute atomic E-state index is 0.229. The summed E-state index contributed by atoms with van der Waals surface area (Å²) in [6, 6.07) is 19.2. The topological polar surface area (TPSA) is 55.1 Å². The molecule has 0 saturated heterocycles. The standard InChI is InChI=1S/C18H16N2O2/c1-2-20-17(18(21)22)15(13-9-5-3-6-10-13)16(19-20)14-11-7-4-8-12-14/h3-12H,2H2,1H3,(H,21,22). The van der Waals surface area contributed by atoms with Crippen LogP contribution in [0.4, 0.5) is 0 Å². The van der Waals surface area contributed by atoms with E-state index in [9.17, 15) is 9.90 Å². The highest BCUT2D eigenvalue weighted by molar-refractivity contribution is 5.99. The highest BCUT2D eigenvalue weighted by atomic mass is 16.4. The third-order valence-corrected chi connectivity index (χ3v) is 3.56. The van der Waals surface area contributed by atoms with Crippen LogP contribution >= 0.6 is 0 Å². The Bertz CT molecular complexity index is 793. The lowest BCUT2D eigenvalue weighted by molar-refractivity contribution is 0.0684. The first-order valence-corrected chi connectivity index (χ1v) is 7.17. The fraction of sp³-hybridized carbons (Fsp3) is 0.111. The van der Waals surface area contributed by atoms with Crippen LogP contribution in [0, 0.1) is 0 Å². The highest BCUT2D eigenvalue weighted by Gasteiger charge is 2.24. The van der Waals surface area contributed by atoms with Crippen molar-refractivity contribution in [1.29, 1.82) is 0 Å². The minimum atomic E-state index is -0.963. The van der Waals surface area contributed by atoms with Crippen molar-refractivity contribution >= 4 is 5.97 Å². The summed E-state index contributed by atoms with van der Waals surface area (Å²) in [5.74, 6) is -0.963. The average Bonchev–Trinajstić information content (AvgIpc) is 2.96. The van der Waals surface area contributed by atoms with Gasteiger partial charge in [0.05, 0.1) is 0 Å². The summed E-state index contributed by atoms with van der Waals surface area (Å²) in [6.07, 6.45) is 0. The number of carboxylic acids is 1. The highest BCUT2D eigenvalue weighted by Crippen LogP contribution is 2.34. The quantitative estimate of drug-likeness (QED) is 0.792. The SMILES string of the molecule is CCn1nc(-c2ccccc2)c(-c2ccccc2)c1C(=O)O. The van der Waals surface area contributed by atoms with Crippen molar-refractivity contribution in [2.75, 3.05) is 0 Å². The first kappa shape index (κ1) is 14.1. The van der Waals surface area contributed by atoms with Gasteiger partial charge in [-0.25, -0.2) is 4.79 Å². The van der Waals surface area contributed by atoms with E-state index in [-0.39, 0.29) is 5.69 Å². The maximum absolute atomic E-state index is 11.8. The smallest absolute Gasteiger partial charge is 0.354 e. The van der Waals surface area contributed by atoms with Crippen LogP contribution in [0.15, 0.2) is 60.7 Å². The molecule has 0 aliphatic heterocycles. The number of rotatable bonds is 4. The maximum atomic E-state index is 11.8. The van der Waals surface area contributed by atoms with E-state index in [2.05, 4.69) is 5.10 Å². The van der Waals surface area contributed by atoms with E-state index in [1.807, 2.05) is 67.6 Å². The van der Waals surface area contributed by atoms with Crippen molar-refractivity contribution in [3.05, 3.63) is 66.4 Å². The molecule has 0 saturated carbocycles. The summed E-state index contributed by atoms with van der Waals surface area (Å²) in [5, 5.41) is 14.2. The van der Waals surface area contributed by atoms with Gasteiger partial charge in [-0.05, 0) is 12.5 Å². The van der Waals surface area contributed by atoms with E-state index in [0.29, 0.717) is 17.8 Å². The molecule has 0 spiro atoms. The van der Waals surface area contributed by atoms with Gasteiger partial charge in [-0.1, -0.05) is 60.7 Å². The van der Waals surface area contributed by atoms with Gasteiger partial charge >= 0.3 is 5.97 Å².